The maximum absolute atomic E-state index is 13.3. The second-order valence-corrected chi connectivity index (χ2v) is 5.26. The first-order chi connectivity index (χ1) is 7.75. The normalized spacial score (nSPS) is 26.2. The highest BCUT2D eigenvalue weighted by Gasteiger charge is 2.44. The van der Waals surface area contributed by atoms with Gasteiger partial charge in [-0.15, -0.1) is 0 Å². The van der Waals surface area contributed by atoms with Crippen LogP contribution in [0.15, 0.2) is 18.2 Å². The summed E-state index contributed by atoms with van der Waals surface area (Å²) in [5, 5.41) is 3.33. The molecule has 16 heavy (non-hydrogen) atoms. The van der Waals surface area contributed by atoms with Gasteiger partial charge in [0.25, 0.3) is 0 Å². The SMILES string of the molecule is CNC1CC2(CCCC2)c2ccc(F)cc21. The maximum Gasteiger partial charge on any atom is 0.123 e. The molecule has 1 aromatic carbocycles. The van der Waals surface area contributed by atoms with E-state index in [2.05, 4.69) is 5.32 Å². The number of halogens is 1. The molecule has 0 aliphatic heterocycles. The van der Waals surface area contributed by atoms with E-state index in [4.69, 9.17) is 0 Å². The van der Waals surface area contributed by atoms with Crippen molar-refractivity contribution in [3.8, 4) is 0 Å². The average molecular weight is 219 g/mol. The van der Waals surface area contributed by atoms with Gasteiger partial charge in [-0.1, -0.05) is 18.9 Å². The molecule has 0 amide bonds. The van der Waals surface area contributed by atoms with Gasteiger partial charge in [0, 0.05) is 6.04 Å². The molecule has 1 atom stereocenters. The number of hydrogen-bond acceptors (Lipinski definition) is 1. The summed E-state index contributed by atoms with van der Waals surface area (Å²) < 4.78 is 13.3. The molecule has 1 nitrogen and oxygen atoms in total. The first-order valence-electron chi connectivity index (χ1n) is 6.22. The van der Waals surface area contributed by atoms with E-state index in [1.807, 2.05) is 13.1 Å². The molecule has 1 fully saturated rings. The Labute approximate surface area is 96.1 Å². The van der Waals surface area contributed by atoms with Gasteiger partial charge in [0.05, 0.1) is 0 Å². The zero-order valence-electron chi connectivity index (χ0n) is 9.72. The van der Waals surface area contributed by atoms with E-state index in [1.54, 1.807) is 12.1 Å². The Balaban J connectivity index is 2.10. The summed E-state index contributed by atoms with van der Waals surface area (Å²) in [6.45, 7) is 0. The molecule has 2 aliphatic rings. The quantitative estimate of drug-likeness (QED) is 0.764. The molecule has 2 aliphatic carbocycles. The van der Waals surface area contributed by atoms with Crippen LogP contribution < -0.4 is 5.32 Å². The molecular weight excluding hydrogens is 201 g/mol. The van der Waals surface area contributed by atoms with Crippen molar-refractivity contribution in [3.05, 3.63) is 35.1 Å². The lowest BCUT2D eigenvalue weighted by atomic mass is 9.80. The monoisotopic (exact) mass is 219 g/mol. The summed E-state index contributed by atoms with van der Waals surface area (Å²) in [6, 6.07) is 5.72. The molecule has 1 spiro atoms. The summed E-state index contributed by atoms with van der Waals surface area (Å²) in [6.07, 6.45) is 6.37. The molecule has 1 N–H and O–H groups in total. The predicted molar refractivity (Wildman–Crippen MR) is 63.0 cm³/mol. The molecule has 0 heterocycles. The minimum Gasteiger partial charge on any atom is -0.313 e. The third-order valence-electron chi connectivity index (χ3n) is 4.46. The third-order valence-corrected chi connectivity index (χ3v) is 4.46. The van der Waals surface area contributed by atoms with Gasteiger partial charge in [0.15, 0.2) is 0 Å². The third kappa shape index (κ3) is 1.32. The van der Waals surface area contributed by atoms with Gasteiger partial charge in [0.1, 0.15) is 5.82 Å². The van der Waals surface area contributed by atoms with Crippen molar-refractivity contribution in [2.45, 2.75) is 43.6 Å². The van der Waals surface area contributed by atoms with Crippen molar-refractivity contribution in [1.29, 1.82) is 0 Å². The van der Waals surface area contributed by atoms with Crippen molar-refractivity contribution in [2.24, 2.45) is 0 Å². The van der Waals surface area contributed by atoms with Gasteiger partial charge >= 0.3 is 0 Å². The van der Waals surface area contributed by atoms with Crippen molar-refractivity contribution < 1.29 is 4.39 Å². The van der Waals surface area contributed by atoms with Crippen LogP contribution in [0.2, 0.25) is 0 Å². The van der Waals surface area contributed by atoms with Gasteiger partial charge in [-0.3, -0.25) is 0 Å². The number of nitrogens with one attached hydrogen (secondary N) is 1. The molecule has 0 aromatic heterocycles. The van der Waals surface area contributed by atoms with Gasteiger partial charge in [-0.25, -0.2) is 4.39 Å². The Morgan fingerprint density at radius 1 is 1.31 bits per heavy atom. The standard InChI is InChI=1S/C14H18FN/c1-16-13-9-14(6-2-3-7-14)12-5-4-10(15)8-11(12)13/h4-5,8,13,16H,2-3,6-7,9H2,1H3. The van der Waals surface area contributed by atoms with Gasteiger partial charge in [-0.2, -0.15) is 0 Å². The summed E-state index contributed by atoms with van der Waals surface area (Å²) in [7, 11) is 1.98. The van der Waals surface area contributed by atoms with Gasteiger partial charge in [0.2, 0.25) is 0 Å². The maximum atomic E-state index is 13.3. The highest BCUT2D eigenvalue weighted by Crippen LogP contribution is 2.53. The Bertz CT molecular complexity index is 407. The molecule has 3 rings (SSSR count). The van der Waals surface area contributed by atoms with Crippen LogP contribution in [0.3, 0.4) is 0 Å². The molecule has 1 saturated carbocycles. The lowest BCUT2D eigenvalue weighted by Crippen LogP contribution is -2.20. The second-order valence-electron chi connectivity index (χ2n) is 5.26. The van der Waals surface area contributed by atoms with Crippen LogP contribution in [0.4, 0.5) is 4.39 Å². The summed E-state index contributed by atoms with van der Waals surface area (Å²) >= 11 is 0. The Morgan fingerprint density at radius 3 is 2.75 bits per heavy atom. The number of rotatable bonds is 1. The molecular formula is C14H18FN. The molecule has 0 radical (unpaired) electrons. The van der Waals surface area contributed by atoms with E-state index < -0.39 is 0 Å². The topological polar surface area (TPSA) is 12.0 Å². The first-order valence-corrected chi connectivity index (χ1v) is 6.22. The van der Waals surface area contributed by atoms with Crippen LogP contribution in [0.5, 0.6) is 0 Å². The van der Waals surface area contributed by atoms with Crippen molar-refractivity contribution >= 4 is 0 Å². The van der Waals surface area contributed by atoms with Crippen LogP contribution in [-0.2, 0) is 5.41 Å². The number of hydrogen-bond donors (Lipinski definition) is 1. The smallest absolute Gasteiger partial charge is 0.123 e. The molecule has 2 heteroatoms. The Morgan fingerprint density at radius 2 is 2.06 bits per heavy atom. The van der Waals surface area contributed by atoms with Crippen LogP contribution in [0, 0.1) is 5.82 Å². The van der Waals surface area contributed by atoms with E-state index in [0.717, 1.165) is 6.42 Å². The summed E-state index contributed by atoms with van der Waals surface area (Å²) in [5.41, 5.74) is 2.96. The van der Waals surface area contributed by atoms with Crippen LogP contribution in [0.1, 0.15) is 49.3 Å². The van der Waals surface area contributed by atoms with E-state index in [0.29, 0.717) is 11.5 Å². The fourth-order valence-corrected chi connectivity index (χ4v) is 3.70. The minimum absolute atomic E-state index is 0.103. The molecule has 1 aromatic rings. The molecule has 0 saturated heterocycles. The van der Waals surface area contributed by atoms with E-state index in [9.17, 15) is 4.39 Å². The average Bonchev–Trinajstić information content (AvgIpc) is 2.86. The van der Waals surface area contributed by atoms with Gasteiger partial charge < -0.3 is 5.32 Å². The van der Waals surface area contributed by atoms with Crippen LogP contribution >= 0.6 is 0 Å². The zero-order valence-corrected chi connectivity index (χ0v) is 9.72. The fourth-order valence-electron chi connectivity index (χ4n) is 3.70. The lowest BCUT2D eigenvalue weighted by molar-refractivity contribution is 0.390. The number of benzene rings is 1. The Hall–Kier alpha value is -0.890. The lowest BCUT2D eigenvalue weighted by Gasteiger charge is -2.24. The fraction of sp³-hybridized carbons (Fsp3) is 0.571. The predicted octanol–water partition coefficient (Wildman–Crippen LogP) is 3.30. The van der Waals surface area contributed by atoms with Crippen molar-refractivity contribution in [1.82, 2.24) is 5.32 Å². The largest absolute Gasteiger partial charge is 0.313 e. The van der Waals surface area contributed by atoms with Crippen LogP contribution in [0.25, 0.3) is 0 Å². The van der Waals surface area contributed by atoms with E-state index >= 15 is 0 Å². The zero-order chi connectivity index (χ0) is 11.2. The number of fused-ring (bicyclic) bond motifs is 2. The highest BCUT2D eigenvalue weighted by atomic mass is 19.1. The molecule has 1 unspecified atom stereocenters. The van der Waals surface area contributed by atoms with Crippen molar-refractivity contribution in [3.63, 3.8) is 0 Å². The Kier molecular flexibility index (Phi) is 2.28. The molecule has 0 bridgehead atoms. The minimum atomic E-state index is -0.103. The summed E-state index contributed by atoms with van der Waals surface area (Å²) in [4.78, 5) is 0. The van der Waals surface area contributed by atoms with E-state index in [1.165, 1.54) is 36.8 Å². The summed E-state index contributed by atoms with van der Waals surface area (Å²) in [5.74, 6) is -0.103. The first kappa shape index (κ1) is 10.3. The highest BCUT2D eigenvalue weighted by molar-refractivity contribution is 5.43. The van der Waals surface area contributed by atoms with Crippen LogP contribution in [-0.4, -0.2) is 7.05 Å². The van der Waals surface area contributed by atoms with Gasteiger partial charge in [-0.05, 0) is 55.0 Å². The molecule has 86 valence electrons. The van der Waals surface area contributed by atoms with Crippen molar-refractivity contribution in [2.75, 3.05) is 7.05 Å². The second kappa shape index (κ2) is 3.56. The van der Waals surface area contributed by atoms with E-state index in [-0.39, 0.29) is 5.82 Å².